The summed E-state index contributed by atoms with van der Waals surface area (Å²) < 4.78 is 5.28. The van der Waals surface area contributed by atoms with E-state index in [1.165, 1.54) is 0 Å². The highest BCUT2D eigenvalue weighted by Crippen LogP contribution is 2.19. The normalized spacial score (nSPS) is 10.8. The van der Waals surface area contributed by atoms with E-state index in [4.69, 9.17) is 4.74 Å². The first-order chi connectivity index (χ1) is 7.94. The number of para-hydroxylation sites is 1. The second-order valence-electron chi connectivity index (χ2n) is 4.60. The third-order valence-electron chi connectivity index (χ3n) is 1.92. The third-order valence-corrected chi connectivity index (χ3v) is 1.92. The van der Waals surface area contributed by atoms with Crippen molar-refractivity contribution in [3.05, 3.63) is 29.8 Å². The molecule has 1 aromatic rings. The van der Waals surface area contributed by atoms with E-state index in [0.29, 0.717) is 11.3 Å². The molecule has 0 aliphatic rings. The van der Waals surface area contributed by atoms with E-state index < -0.39 is 11.6 Å². The van der Waals surface area contributed by atoms with E-state index in [0.717, 1.165) is 6.29 Å². The molecule has 4 heteroatoms. The molecule has 0 radical (unpaired) electrons. The fourth-order valence-electron chi connectivity index (χ4n) is 1.30. The van der Waals surface area contributed by atoms with Gasteiger partial charge in [0.05, 0.1) is 12.1 Å². The minimum atomic E-state index is -0.533. The number of hydrogen-bond donors (Lipinski definition) is 1. The zero-order valence-electron chi connectivity index (χ0n) is 10.3. The Bertz CT molecular complexity index is 407. The van der Waals surface area contributed by atoms with Crippen LogP contribution in [0.15, 0.2) is 24.3 Å². The van der Waals surface area contributed by atoms with E-state index in [2.05, 4.69) is 5.32 Å². The van der Waals surface area contributed by atoms with Gasteiger partial charge in [-0.05, 0) is 32.9 Å². The SMILES string of the molecule is CC(C)(C)OC(=O)c1ccccc1NCC=O. The summed E-state index contributed by atoms with van der Waals surface area (Å²) in [4.78, 5) is 22.2. The Kier molecular flexibility index (Phi) is 4.26. The van der Waals surface area contributed by atoms with Crippen LogP contribution in [0.5, 0.6) is 0 Å². The highest BCUT2D eigenvalue weighted by Gasteiger charge is 2.19. The Morgan fingerprint density at radius 1 is 1.35 bits per heavy atom. The van der Waals surface area contributed by atoms with E-state index >= 15 is 0 Å². The fraction of sp³-hybridized carbons (Fsp3) is 0.385. The van der Waals surface area contributed by atoms with Crippen molar-refractivity contribution in [3.63, 3.8) is 0 Å². The molecule has 1 N–H and O–H groups in total. The van der Waals surface area contributed by atoms with Crippen LogP contribution in [-0.2, 0) is 9.53 Å². The van der Waals surface area contributed by atoms with Gasteiger partial charge in [-0.1, -0.05) is 12.1 Å². The largest absolute Gasteiger partial charge is 0.456 e. The topological polar surface area (TPSA) is 55.4 Å². The molecule has 0 unspecified atom stereocenters. The molecular weight excluding hydrogens is 218 g/mol. The number of nitrogens with one attached hydrogen (secondary N) is 1. The maximum Gasteiger partial charge on any atom is 0.340 e. The lowest BCUT2D eigenvalue weighted by atomic mass is 10.1. The van der Waals surface area contributed by atoms with Crippen molar-refractivity contribution < 1.29 is 14.3 Å². The maximum absolute atomic E-state index is 11.9. The van der Waals surface area contributed by atoms with Crippen molar-refractivity contribution in [2.45, 2.75) is 26.4 Å². The number of rotatable bonds is 4. The van der Waals surface area contributed by atoms with Crippen molar-refractivity contribution in [1.29, 1.82) is 0 Å². The van der Waals surface area contributed by atoms with Crippen molar-refractivity contribution in [3.8, 4) is 0 Å². The van der Waals surface area contributed by atoms with Gasteiger partial charge in [-0.3, -0.25) is 0 Å². The van der Waals surface area contributed by atoms with Crippen LogP contribution in [0.2, 0.25) is 0 Å². The predicted molar refractivity (Wildman–Crippen MR) is 66.2 cm³/mol. The number of ether oxygens (including phenoxy) is 1. The van der Waals surface area contributed by atoms with E-state index in [1.54, 1.807) is 24.3 Å². The lowest BCUT2D eigenvalue weighted by Gasteiger charge is -2.20. The van der Waals surface area contributed by atoms with E-state index in [9.17, 15) is 9.59 Å². The summed E-state index contributed by atoms with van der Waals surface area (Å²) in [6, 6.07) is 6.95. The summed E-state index contributed by atoms with van der Waals surface area (Å²) >= 11 is 0. The second kappa shape index (κ2) is 5.48. The van der Waals surface area contributed by atoms with Crippen LogP contribution in [0.3, 0.4) is 0 Å². The molecule has 1 aromatic carbocycles. The minimum absolute atomic E-state index is 0.166. The lowest BCUT2D eigenvalue weighted by molar-refractivity contribution is -0.106. The molecule has 0 saturated heterocycles. The number of hydrogen-bond acceptors (Lipinski definition) is 4. The van der Waals surface area contributed by atoms with Crippen molar-refractivity contribution in [2.75, 3.05) is 11.9 Å². The Morgan fingerprint density at radius 3 is 2.59 bits per heavy atom. The number of anilines is 1. The van der Waals surface area contributed by atoms with E-state index in [-0.39, 0.29) is 6.54 Å². The van der Waals surface area contributed by atoms with Gasteiger partial charge in [-0.2, -0.15) is 0 Å². The standard InChI is InChI=1S/C13H17NO3/c1-13(2,3)17-12(16)10-6-4-5-7-11(10)14-8-9-15/h4-7,9,14H,8H2,1-3H3. The first-order valence-corrected chi connectivity index (χ1v) is 5.44. The van der Waals surface area contributed by atoms with Crippen molar-refractivity contribution in [2.24, 2.45) is 0 Å². The average Bonchev–Trinajstić information content (AvgIpc) is 2.24. The number of esters is 1. The van der Waals surface area contributed by atoms with Gasteiger partial charge in [0.25, 0.3) is 0 Å². The van der Waals surface area contributed by atoms with Crippen LogP contribution in [0.1, 0.15) is 31.1 Å². The Labute approximate surface area is 101 Å². The molecule has 0 bridgehead atoms. The predicted octanol–water partition coefficient (Wildman–Crippen LogP) is 2.25. The molecule has 0 aliphatic heterocycles. The summed E-state index contributed by atoms with van der Waals surface area (Å²) in [6.45, 7) is 5.60. The van der Waals surface area contributed by atoms with Gasteiger partial charge in [0, 0.05) is 5.69 Å². The molecule has 17 heavy (non-hydrogen) atoms. The van der Waals surface area contributed by atoms with Crippen molar-refractivity contribution >= 4 is 17.9 Å². The molecule has 0 aromatic heterocycles. The number of carbonyl (C=O) groups is 2. The molecule has 1 rings (SSSR count). The summed E-state index contributed by atoms with van der Waals surface area (Å²) in [5.74, 6) is -0.397. The summed E-state index contributed by atoms with van der Waals surface area (Å²) in [5, 5.41) is 2.86. The molecule has 4 nitrogen and oxygen atoms in total. The Balaban J connectivity index is 2.88. The first-order valence-electron chi connectivity index (χ1n) is 5.44. The molecule has 0 aliphatic carbocycles. The van der Waals surface area contributed by atoms with Crippen LogP contribution in [0, 0.1) is 0 Å². The van der Waals surface area contributed by atoms with Gasteiger partial charge < -0.3 is 14.8 Å². The molecule has 0 fully saturated rings. The van der Waals surface area contributed by atoms with Gasteiger partial charge >= 0.3 is 5.97 Å². The molecule has 0 saturated carbocycles. The van der Waals surface area contributed by atoms with Gasteiger partial charge in [0.1, 0.15) is 11.9 Å². The van der Waals surface area contributed by atoms with Gasteiger partial charge in [0.2, 0.25) is 0 Å². The minimum Gasteiger partial charge on any atom is -0.456 e. The number of aldehydes is 1. The first kappa shape index (κ1) is 13.2. The molecule has 92 valence electrons. The highest BCUT2D eigenvalue weighted by molar-refractivity contribution is 5.96. The number of carbonyl (C=O) groups excluding carboxylic acids is 2. The zero-order valence-corrected chi connectivity index (χ0v) is 10.3. The Hall–Kier alpha value is -1.84. The number of benzene rings is 1. The van der Waals surface area contributed by atoms with Gasteiger partial charge in [-0.15, -0.1) is 0 Å². The smallest absolute Gasteiger partial charge is 0.340 e. The fourth-order valence-corrected chi connectivity index (χ4v) is 1.30. The third kappa shape index (κ3) is 4.26. The van der Waals surface area contributed by atoms with Crippen LogP contribution in [0.4, 0.5) is 5.69 Å². The average molecular weight is 235 g/mol. The van der Waals surface area contributed by atoms with E-state index in [1.807, 2.05) is 20.8 Å². The van der Waals surface area contributed by atoms with Gasteiger partial charge in [-0.25, -0.2) is 4.79 Å². The van der Waals surface area contributed by atoms with Crippen LogP contribution in [0.25, 0.3) is 0 Å². The maximum atomic E-state index is 11.9. The van der Waals surface area contributed by atoms with Crippen molar-refractivity contribution in [1.82, 2.24) is 0 Å². The zero-order chi connectivity index (χ0) is 12.9. The monoisotopic (exact) mass is 235 g/mol. The summed E-state index contributed by atoms with van der Waals surface area (Å²) in [5.41, 5.74) is 0.507. The molecule has 0 heterocycles. The molecule has 0 amide bonds. The second-order valence-corrected chi connectivity index (χ2v) is 4.60. The van der Waals surface area contributed by atoms with Crippen LogP contribution >= 0.6 is 0 Å². The Morgan fingerprint density at radius 2 is 2.00 bits per heavy atom. The van der Waals surface area contributed by atoms with Crippen LogP contribution < -0.4 is 5.32 Å². The molecular formula is C13H17NO3. The lowest BCUT2D eigenvalue weighted by Crippen LogP contribution is -2.24. The quantitative estimate of drug-likeness (QED) is 0.642. The van der Waals surface area contributed by atoms with Crippen LogP contribution in [-0.4, -0.2) is 24.4 Å². The molecule has 0 spiro atoms. The highest BCUT2D eigenvalue weighted by atomic mass is 16.6. The molecule has 0 atom stereocenters. The summed E-state index contributed by atoms with van der Waals surface area (Å²) in [7, 11) is 0. The summed E-state index contributed by atoms with van der Waals surface area (Å²) in [6.07, 6.45) is 0.742. The van der Waals surface area contributed by atoms with Gasteiger partial charge in [0.15, 0.2) is 0 Å².